The second-order valence-corrected chi connectivity index (χ2v) is 23.8. The Bertz CT molecular complexity index is 3500. The molecule has 4 fully saturated rings. The van der Waals surface area contributed by atoms with E-state index < -0.39 is 0 Å². The minimum atomic E-state index is -0.123. The van der Waals surface area contributed by atoms with Gasteiger partial charge in [-0.1, -0.05) is 154 Å². The summed E-state index contributed by atoms with van der Waals surface area (Å²) in [5.74, 6) is 2.78. The van der Waals surface area contributed by atoms with Crippen molar-refractivity contribution in [3.8, 4) is 28.0 Å². The number of hydrogen-bond acceptors (Lipinski definition) is 2. The molecule has 0 amide bonds. The number of anilines is 1. The summed E-state index contributed by atoms with van der Waals surface area (Å²) in [6.45, 7) is 6.74. The zero-order valence-electron chi connectivity index (χ0n) is 42.3. The Labute approximate surface area is 426 Å². The third-order valence-electron chi connectivity index (χ3n) is 18.2. The predicted molar refractivity (Wildman–Crippen MR) is 305 cm³/mol. The lowest BCUT2D eigenvalue weighted by molar-refractivity contribution is -0.00158. The van der Waals surface area contributed by atoms with Crippen molar-refractivity contribution in [3.05, 3.63) is 203 Å². The smallest absolute Gasteiger partial charge is 0.250 e. The summed E-state index contributed by atoms with van der Waals surface area (Å²) in [4.78, 5) is 2.91. The number of nitrogens with zero attached hydrogens (tertiary/aromatic N) is 2. The first-order chi connectivity index (χ1) is 35.1. The van der Waals surface area contributed by atoms with Gasteiger partial charge < -0.3 is 14.6 Å². The van der Waals surface area contributed by atoms with Gasteiger partial charge in [-0.2, -0.15) is 0 Å². The van der Waals surface area contributed by atoms with Crippen LogP contribution in [0.5, 0.6) is 5.75 Å². The van der Waals surface area contributed by atoms with Crippen LogP contribution < -0.4 is 10.4 Å². The molecule has 1 aromatic heterocycles. The first-order valence-corrected chi connectivity index (χ1v) is 27.3. The third-order valence-corrected chi connectivity index (χ3v) is 18.2. The van der Waals surface area contributed by atoms with Crippen molar-refractivity contribution in [1.82, 2.24) is 4.57 Å². The monoisotopic (exact) mass is 937 g/mol. The van der Waals surface area contributed by atoms with Gasteiger partial charge >= 0.3 is 0 Å². The first kappa shape index (κ1) is 44.0. The van der Waals surface area contributed by atoms with Crippen LogP contribution in [-0.4, -0.2) is 21.9 Å². The molecule has 15 rings (SSSR count). The number of allylic oxidation sites excluding steroid dienone is 12. The van der Waals surface area contributed by atoms with Crippen LogP contribution in [0.3, 0.4) is 0 Å². The van der Waals surface area contributed by atoms with Gasteiger partial charge in [0, 0.05) is 33.4 Å². The fourth-order valence-corrected chi connectivity index (χ4v) is 15.3. The topological polar surface area (TPSA) is 28.4 Å². The lowest BCUT2D eigenvalue weighted by Gasteiger charge is -2.63. The molecule has 4 bridgehead atoms. The highest BCUT2D eigenvalue weighted by Crippen LogP contribution is 2.61. The van der Waals surface area contributed by atoms with E-state index in [1.165, 1.54) is 127 Å². The Balaban J connectivity index is 0.977. The number of aromatic nitrogens is 1. The Hall–Kier alpha value is -6.78. The number of aromatic hydroxyl groups is 1. The van der Waals surface area contributed by atoms with Crippen molar-refractivity contribution in [3.63, 3.8) is 0 Å². The van der Waals surface area contributed by atoms with Crippen LogP contribution in [0.15, 0.2) is 187 Å². The summed E-state index contributed by atoms with van der Waals surface area (Å²) in [6, 6.07) is 50.1. The minimum absolute atomic E-state index is 0.0562. The largest absolute Gasteiger partial charge is 0.508 e. The molecular formula is C68H65BN2O. The summed E-state index contributed by atoms with van der Waals surface area (Å²) in [6.07, 6.45) is 28.4. The number of rotatable bonds is 7. The first-order valence-electron chi connectivity index (χ1n) is 27.3. The summed E-state index contributed by atoms with van der Waals surface area (Å²) in [7, 11) is 0. The number of hydrogen-bond donors (Lipinski definition) is 1. The van der Waals surface area contributed by atoms with Crippen LogP contribution in [0.2, 0.25) is 0 Å². The molecule has 0 radical (unpaired) electrons. The van der Waals surface area contributed by atoms with Crippen molar-refractivity contribution in [2.75, 3.05) is 4.90 Å². The quantitative estimate of drug-likeness (QED) is 0.161. The number of benzene rings is 6. The lowest BCUT2D eigenvalue weighted by Crippen LogP contribution is -2.63. The van der Waals surface area contributed by atoms with Crippen molar-refractivity contribution < 1.29 is 5.11 Å². The Kier molecular flexibility index (Phi) is 10.3. The molecule has 0 saturated heterocycles. The van der Waals surface area contributed by atoms with Gasteiger partial charge in [0.2, 0.25) is 0 Å². The molecule has 0 atom stereocenters. The molecule has 72 heavy (non-hydrogen) atoms. The molecule has 0 spiro atoms. The van der Waals surface area contributed by atoms with Crippen molar-refractivity contribution >= 4 is 56.5 Å². The van der Waals surface area contributed by atoms with Crippen molar-refractivity contribution in [2.24, 2.45) is 17.8 Å². The molecular weight excluding hydrogens is 872 g/mol. The zero-order valence-corrected chi connectivity index (χ0v) is 42.3. The van der Waals surface area contributed by atoms with Crippen LogP contribution in [0, 0.1) is 17.8 Å². The van der Waals surface area contributed by atoms with Gasteiger partial charge in [0.25, 0.3) is 6.71 Å². The van der Waals surface area contributed by atoms with E-state index in [4.69, 9.17) is 0 Å². The highest BCUT2D eigenvalue weighted by atomic mass is 16.3. The second kappa shape index (κ2) is 16.9. The molecule has 4 heteroatoms. The zero-order chi connectivity index (χ0) is 48.3. The van der Waals surface area contributed by atoms with Crippen LogP contribution in [0.25, 0.3) is 60.9 Å². The van der Waals surface area contributed by atoms with E-state index in [0.717, 1.165) is 72.9 Å². The molecule has 0 unspecified atom stereocenters. The highest BCUT2D eigenvalue weighted by Gasteiger charge is 2.56. The summed E-state index contributed by atoms with van der Waals surface area (Å²) in [5.41, 5.74) is 22.0. The van der Waals surface area contributed by atoms with Gasteiger partial charge in [-0.3, -0.25) is 0 Å². The fraction of sp³-hybridized carbons (Fsp3) is 0.294. The average molecular weight is 937 g/mol. The molecule has 4 saturated carbocycles. The van der Waals surface area contributed by atoms with E-state index in [1.54, 1.807) is 0 Å². The van der Waals surface area contributed by atoms with Gasteiger partial charge in [-0.15, -0.1) is 0 Å². The Morgan fingerprint density at radius 1 is 0.583 bits per heavy atom. The van der Waals surface area contributed by atoms with Gasteiger partial charge in [0.1, 0.15) is 5.75 Å². The van der Waals surface area contributed by atoms with Crippen LogP contribution in [0.1, 0.15) is 115 Å². The average Bonchev–Trinajstić information content (AvgIpc) is 3.73. The summed E-state index contributed by atoms with van der Waals surface area (Å²) >= 11 is 0. The number of fused-ring (bicyclic) bond motifs is 4. The third kappa shape index (κ3) is 7.29. The SMILES string of the molecule is CC(C)(C)c1ccc(-c2cc(O)c3c(c2)N(C24CC5CC(CC(C5)C2)C4)C2=C(C=C(c4ccccc4)CC2)B3C2=CCCC(n3c4ccc(C5=CC=CCC5)cc4c4cc(-c5ccccc5)ccc43)=C2)cc1. The normalized spacial score (nSPS) is 23.5. The van der Waals surface area contributed by atoms with E-state index in [1.807, 2.05) is 0 Å². The maximum atomic E-state index is 13.1. The fourth-order valence-electron chi connectivity index (χ4n) is 15.3. The van der Waals surface area contributed by atoms with E-state index in [2.05, 4.69) is 200 Å². The highest BCUT2D eigenvalue weighted by molar-refractivity contribution is 6.89. The number of phenols is 1. The summed E-state index contributed by atoms with van der Waals surface area (Å²) in [5, 5.41) is 15.7. The van der Waals surface area contributed by atoms with E-state index in [9.17, 15) is 5.11 Å². The molecule has 2 heterocycles. The van der Waals surface area contributed by atoms with Gasteiger partial charge in [-0.25, -0.2) is 0 Å². The van der Waals surface area contributed by atoms with E-state index in [0.29, 0.717) is 5.75 Å². The maximum Gasteiger partial charge on any atom is 0.250 e. The summed E-state index contributed by atoms with van der Waals surface area (Å²) < 4.78 is 2.59. The minimum Gasteiger partial charge on any atom is -0.508 e. The molecule has 356 valence electrons. The molecule has 8 aliphatic rings. The Morgan fingerprint density at radius 3 is 1.89 bits per heavy atom. The van der Waals surface area contributed by atoms with Gasteiger partial charge in [0.15, 0.2) is 0 Å². The van der Waals surface area contributed by atoms with Gasteiger partial charge in [-0.05, 0) is 204 Å². The second-order valence-electron chi connectivity index (χ2n) is 23.8. The molecule has 6 aromatic carbocycles. The molecule has 7 aromatic rings. The standard InChI is InChI=1S/C68H65BN2O/c1-67(2,3)55-27-22-50(23-28-55)54-38-64-66(65(72)39-54)69(60-37-53(49-18-11-6-12-19-49)26-31-63(60)71(64)68-41-44-32-45(42-68)34-46(33-44)43-68)56-20-13-21-57(40-56)70-61-29-24-51(47-14-7-4-8-15-47)35-58(61)59-36-52(25-30-62(59)70)48-16-9-5-10-17-48/h4-9,11-12,14-16,18-20,22-25,27-30,35-40,44-46,72H,10,13,17,21,26,31-34,41-43H2,1-3H3. The van der Waals surface area contributed by atoms with E-state index in [-0.39, 0.29) is 17.7 Å². The Morgan fingerprint density at radius 2 is 1.22 bits per heavy atom. The molecule has 3 nitrogen and oxygen atoms in total. The molecule has 1 N–H and O–H groups in total. The van der Waals surface area contributed by atoms with Gasteiger partial charge in [0.05, 0.1) is 11.0 Å². The predicted octanol–water partition coefficient (Wildman–Crippen LogP) is 16.8. The maximum absolute atomic E-state index is 13.1. The van der Waals surface area contributed by atoms with Crippen molar-refractivity contribution in [2.45, 2.75) is 109 Å². The molecule has 7 aliphatic carbocycles. The van der Waals surface area contributed by atoms with Crippen LogP contribution >= 0.6 is 0 Å². The number of phenolic OH excluding ortho intramolecular Hbond substituents is 1. The van der Waals surface area contributed by atoms with E-state index >= 15 is 0 Å². The lowest BCUT2D eigenvalue weighted by atomic mass is 9.32. The van der Waals surface area contributed by atoms with Crippen LogP contribution in [-0.2, 0) is 5.41 Å². The molecule has 1 aliphatic heterocycles. The van der Waals surface area contributed by atoms with Crippen molar-refractivity contribution in [1.29, 1.82) is 0 Å². The van der Waals surface area contributed by atoms with Crippen LogP contribution in [0.4, 0.5) is 5.69 Å².